The molecule has 0 heterocycles. The molecular formula is C6H7BrKO4P. The maximum atomic E-state index is 10.3. The van der Waals surface area contributed by atoms with E-state index >= 15 is 0 Å². The van der Waals surface area contributed by atoms with Crippen molar-refractivity contribution in [3.05, 3.63) is 28.7 Å². The predicted molar refractivity (Wildman–Crippen MR) is 54.0 cm³/mol. The van der Waals surface area contributed by atoms with Gasteiger partial charge in [-0.3, -0.25) is 9.79 Å². The molecule has 68 valence electrons. The van der Waals surface area contributed by atoms with Gasteiger partial charge in [-0.1, -0.05) is 15.9 Å². The zero-order chi connectivity index (χ0) is 9.19. The Morgan fingerprint density at radius 1 is 1.23 bits per heavy atom. The van der Waals surface area contributed by atoms with Gasteiger partial charge >= 0.3 is 59.2 Å². The van der Waals surface area contributed by atoms with Gasteiger partial charge in [0.05, 0.1) is 0 Å². The van der Waals surface area contributed by atoms with Crippen molar-refractivity contribution in [2.75, 3.05) is 0 Å². The van der Waals surface area contributed by atoms with Crippen molar-refractivity contribution in [2.24, 2.45) is 0 Å². The van der Waals surface area contributed by atoms with Crippen molar-refractivity contribution in [2.45, 2.75) is 0 Å². The Morgan fingerprint density at radius 3 is 2.08 bits per heavy atom. The molecule has 0 spiro atoms. The second-order valence-electron chi connectivity index (χ2n) is 2.04. The molecule has 4 nitrogen and oxygen atoms in total. The van der Waals surface area contributed by atoms with Crippen LogP contribution in [0.4, 0.5) is 0 Å². The van der Waals surface area contributed by atoms with Gasteiger partial charge in [-0.25, -0.2) is 4.57 Å². The van der Waals surface area contributed by atoms with Crippen LogP contribution in [-0.4, -0.2) is 61.2 Å². The van der Waals surface area contributed by atoms with Crippen molar-refractivity contribution in [1.82, 2.24) is 0 Å². The summed E-state index contributed by atoms with van der Waals surface area (Å²) in [6.07, 6.45) is 0. The quantitative estimate of drug-likeness (QED) is 0.636. The Bertz CT molecular complexity index is 309. The van der Waals surface area contributed by atoms with Crippen LogP contribution >= 0.6 is 23.8 Å². The Kier molecular flexibility index (Phi) is 6.59. The molecule has 13 heavy (non-hydrogen) atoms. The molecule has 0 unspecified atom stereocenters. The summed E-state index contributed by atoms with van der Waals surface area (Å²) in [5.41, 5.74) is 0. The maximum absolute atomic E-state index is 10.3. The topological polar surface area (TPSA) is 66.8 Å². The number of rotatable bonds is 2. The van der Waals surface area contributed by atoms with E-state index in [0.29, 0.717) is 0 Å². The fraction of sp³-hybridized carbons (Fsp3) is 0. The summed E-state index contributed by atoms with van der Waals surface area (Å²) in [5, 5.41) is 0. The summed E-state index contributed by atoms with van der Waals surface area (Å²) in [5.74, 6) is 0.145. The van der Waals surface area contributed by atoms with Gasteiger partial charge in [0.25, 0.3) is 0 Å². The van der Waals surface area contributed by atoms with Crippen molar-refractivity contribution < 1.29 is 18.9 Å². The molecule has 2 N–H and O–H groups in total. The van der Waals surface area contributed by atoms with Gasteiger partial charge in [0, 0.05) is 4.47 Å². The van der Waals surface area contributed by atoms with Crippen LogP contribution in [0.15, 0.2) is 28.7 Å². The fourth-order valence-electron chi connectivity index (χ4n) is 0.633. The molecule has 0 saturated carbocycles. The minimum absolute atomic E-state index is 0. The molecule has 0 aliphatic heterocycles. The molecule has 0 saturated heterocycles. The third-order valence-electron chi connectivity index (χ3n) is 1.04. The standard InChI is InChI=1S/C6H6BrO4P.K.H/c7-5-1-3-6(4-2-5)11-12(8,9)10;;/h1-4H,(H2,8,9,10);;. The number of benzene rings is 1. The van der Waals surface area contributed by atoms with Gasteiger partial charge < -0.3 is 4.52 Å². The van der Waals surface area contributed by atoms with Gasteiger partial charge in [0.15, 0.2) is 0 Å². The Hall–Kier alpha value is 1.29. The Labute approximate surface area is 126 Å². The van der Waals surface area contributed by atoms with Crippen LogP contribution in [0.1, 0.15) is 0 Å². The summed E-state index contributed by atoms with van der Waals surface area (Å²) in [6, 6.07) is 6.18. The van der Waals surface area contributed by atoms with E-state index in [4.69, 9.17) is 9.79 Å². The molecular weight excluding hydrogens is 286 g/mol. The molecule has 0 amide bonds. The number of halogens is 1. The molecule has 0 aromatic heterocycles. The SMILES string of the molecule is O=P(O)(O)Oc1ccc(Br)cc1.[KH]. The van der Waals surface area contributed by atoms with Gasteiger partial charge in [-0.2, -0.15) is 0 Å². The number of hydrogen-bond acceptors (Lipinski definition) is 2. The zero-order valence-electron chi connectivity index (χ0n) is 5.85. The van der Waals surface area contributed by atoms with Crippen LogP contribution < -0.4 is 4.52 Å². The van der Waals surface area contributed by atoms with E-state index in [-0.39, 0.29) is 57.1 Å². The molecule has 1 aromatic carbocycles. The third kappa shape index (κ3) is 6.38. The molecule has 0 aliphatic carbocycles. The first-order valence-corrected chi connectivity index (χ1v) is 5.30. The van der Waals surface area contributed by atoms with Crippen LogP contribution in [0.25, 0.3) is 0 Å². The van der Waals surface area contributed by atoms with Crippen molar-refractivity contribution in [3.63, 3.8) is 0 Å². The van der Waals surface area contributed by atoms with Crippen LogP contribution in [0.5, 0.6) is 5.75 Å². The zero-order valence-corrected chi connectivity index (χ0v) is 8.33. The molecule has 1 aromatic rings. The van der Waals surface area contributed by atoms with E-state index in [0.717, 1.165) is 4.47 Å². The van der Waals surface area contributed by atoms with Crippen LogP contribution in [0.2, 0.25) is 0 Å². The van der Waals surface area contributed by atoms with Gasteiger partial charge in [-0.05, 0) is 24.3 Å². The summed E-state index contributed by atoms with van der Waals surface area (Å²) in [4.78, 5) is 16.8. The first-order chi connectivity index (χ1) is 5.47. The Morgan fingerprint density at radius 2 is 1.69 bits per heavy atom. The molecule has 0 radical (unpaired) electrons. The average Bonchev–Trinajstić information content (AvgIpc) is 1.91. The van der Waals surface area contributed by atoms with E-state index < -0.39 is 7.82 Å². The van der Waals surface area contributed by atoms with Crippen LogP contribution in [0.3, 0.4) is 0 Å². The summed E-state index contributed by atoms with van der Waals surface area (Å²) in [7, 11) is -4.42. The number of hydrogen-bond donors (Lipinski definition) is 2. The first kappa shape index (κ1) is 14.3. The van der Waals surface area contributed by atoms with Crippen molar-refractivity contribution in [1.29, 1.82) is 0 Å². The first-order valence-electron chi connectivity index (χ1n) is 2.98. The van der Waals surface area contributed by atoms with E-state index in [1.54, 1.807) is 12.1 Å². The Balaban J connectivity index is 0.00000144. The second kappa shape index (κ2) is 6.00. The molecule has 0 bridgehead atoms. The second-order valence-corrected chi connectivity index (χ2v) is 4.12. The normalized spacial score (nSPS) is 10.4. The molecule has 0 aliphatic rings. The molecule has 1 rings (SSSR count). The van der Waals surface area contributed by atoms with Crippen LogP contribution in [0, 0.1) is 0 Å². The minimum atomic E-state index is -4.42. The van der Waals surface area contributed by atoms with E-state index in [1.165, 1.54) is 12.1 Å². The van der Waals surface area contributed by atoms with E-state index in [1.807, 2.05) is 0 Å². The monoisotopic (exact) mass is 292 g/mol. The van der Waals surface area contributed by atoms with E-state index in [2.05, 4.69) is 20.5 Å². The molecule has 0 atom stereocenters. The van der Waals surface area contributed by atoms with Gasteiger partial charge in [-0.15, -0.1) is 0 Å². The van der Waals surface area contributed by atoms with Gasteiger partial charge in [0.1, 0.15) is 5.75 Å². The summed E-state index contributed by atoms with van der Waals surface area (Å²) in [6.45, 7) is 0. The van der Waals surface area contributed by atoms with E-state index in [9.17, 15) is 4.57 Å². The molecule has 7 heteroatoms. The molecule has 0 fully saturated rings. The average molecular weight is 293 g/mol. The number of phosphoric ester groups is 1. The van der Waals surface area contributed by atoms with Crippen molar-refractivity contribution in [3.8, 4) is 5.75 Å². The van der Waals surface area contributed by atoms with Gasteiger partial charge in [0.2, 0.25) is 0 Å². The summed E-state index contributed by atoms with van der Waals surface area (Å²) < 4.78 is 15.5. The number of phosphoric acid groups is 1. The third-order valence-corrected chi connectivity index (χ3v) is 2.02. The summed E-state index contributed by atoms with van der Waals surface area (Å²) >= 11 is 3.18. The van der Waals surface area contributed by atoms with Crippen LogP contribution in [-0.2, 0) is 4.57 Å². The predicted octanol–water partition coefficient (Wildman–Crippen LogP) is 1.27. The van der Waals surface area contributed by atoms with Crippen molar-refractivity contribution >= 4 is 75.1 Å². The fourth-order valence-corrected chi connectivity index (χ4v) is 1.29.